The van der Waals surface area contributed by atoms with E-state index in [2.05, 4.69) is 17.6 Å². The standard InChI is InChI=1S/C11H23N3O/c1-9(6-7-12)8-13-11(15)14-10-4-2-3-5-10/h9-10H,2-8,12H2,1H3,(H2,13,14,15). The number of hydrogen-bond donors (Lipinski definition) is 3. The van der Waals surface area contributed by atoms with Crippen molar-refractivity contribution in [3.05, 3.63) is 0 Å². The van der Waals surface area contributed by atoms with Gasteiger partial charge in [-0.05, 0) is 31.7 Å². The molecule has 1 atom stereocenters. The molecule has 2 amide bonds. The zero-order valence-electron chi connectivity index (χ0n) is 9.59. The molecule has 88 valence electrons. The Hall–Kier alpha value is -0.770. The lowest BCUT2D eigenvalue weighted by molar-refractivity contribution is 0.235. The van der Waals surface area contributed by atoms with E-state index in [9.17, 15) is 4.79 Å². The second kappa shape index (κ2) is 6.67. The number of rotatable bonds is 5. The Labute approximate surface area is 92.0 Å². The monoisotopic (exact) mass is 213 g/mol. The molecule has 0 saturated heterocycles. The molecule has 4 N–H and O–H groups in total. The van der Waals surface area contributed by atoms with Gasteiger partial charge in [0, 0.05) is 12.6 Å². The van der Waals surface area contributed by atoms with Crippen LogP contribution in [0.15, 0.2) is 0 Å². The average molecular weight is 213 g/mol. The van der Waals surface area contributed by atoms with Gasteiger partial charge in [-0.2, -0.15) is 0 Å². The quantitative estimate of drug-likeness (QED) is 0.642. The molecule has 0 heterocycles. The van der Waals surface area contributed by atoms with Crippen molar-refractivity contribution in [3.63, 3.8) is 0 Å². The molecule has 1 aliphatic rings. The second-order valence-electron chi connectivity index (χ2n) is 4.52. The second-order valence-corrected chi connectivity index (χ2v) is 4.52. The number of hydrogen-bond acceptors (Lipinski definition) is 2. The first-order chi connectivity index (χ1) is 7.22. The molecule has 1 unspecified atom stereocenters. The summed E-state index contributed by atoms with van der Waals surface area (Å²) >= 11 is 0. The Morgan fingerprint density at radius 1 is 1.47 bits per heavy atom. The summed E-state index contributed by atoms with van der Waals surface area (Å²) in [6, 6.07) is 0.376. The van der Waals surface area contributed by atoms with Crippen LogP contribution in [0.1, 0.15) is 39.0 Å². The molecule has 1 rings (SSSR count). The van der Waals surface area contributed by atoms with Gasteiger partial charge in [0.25, 0.3) is 0 Å². The summed E-state index contributed by atoms with van der Waals surface area (Å²) in [7, 11) is 0. The first kappa shape index (κ1) is 12.3. The van der Waals surface area contributed by atoms with Crippen molar-refractivity contribution in [2.24, 2.45) is 11.7 Å². The fourth-order valence-electron chi connectivity index (χ4n) is 1.96. The van der Waals surface area contributed by atoms with Crippen LogP contribution in [0.25, 0.3) is 0 Å². The summed E-state index contributed by atoms with van der Waals surface area (Å²) in [5, 5.41) is 5.88. The molecule has 4 heteroatoms. The molecule has 0 radical (unpaired) electrons. The maximum Gasteiger partial charge on any atom is 0.315 e. The predicted molar refractivity (Wildman–Crippen MR) is 61.6 cm³/mol. The van der Waals surface area contributed by atoms with E-state index in [0.29, 0.717) is 18.5 Å². The van der Waals surface area contributed by atoms with E-state index in [1.54, 1.807) is 0 Å². The van der Waals surface area contributed by atoms with Crippen LogP contribution in [-0.2, 0) is 0 Å². The summed E-state index contributed by atoms with van der Waals surface area (Å²) in [5.41, 5.74) is 5.44. The molecule has 4 nitrogen and oxygen atoms in total. The molecule has 1 fully saturated rings. The molecule has 1 saturated carbocycles. The topological polar surface area (TPSA) is 67.1 Å². The van der Waals surface area contributed by atoms with Crippen molar-refractivity contribution in [2.45, 2.75) is 45.1 Å². The maximum absolute atomic E-state index is 11.5. The molecule has 1 aliphatic carbocycles. The lowest BCUT2D eigenvalue weighted by atomic mass is 10.1. The Morgan fingerprint density at radius 2 is 2.13 bits per heavy atom. The van der Waals surface area contributed by atoms with E-state index in [1.807, 2.05) is 0 Å². The van der Waals surface area contributed by atoms with Crippen molar-refractivity contribution >= 4 is 6.03 Å². The third kappa shape index (κ3) is 5.02. The van der Waals surface area contributed by atoms with E-state index in [4.69, 9.17) is 5.73 Å². The number of carbonyl (C=O) groups excluding carboxylic acids is 1. The third-order valence-electron chi connectivity index (χ3n) is 2.96. The van der Waals surface area contributed by atoms with Gasteiger partial charge in [-0.3, -0.25) is 0 Å². The largest absolute Gasteiger partial charge is 0.338 e. The van der Waals surface area contributed by atoms with Gasteiger partial charge >= 0.3 is 6.03 Å². The van der Waals surface area contributed by atoms with Gasteiger partial charge in [0.15, 0.2) is 0 Å². The van der Waals surface area contributed by atoms with Crippen LogP contribution in [0, 0.1) is 5.92 Å². The zero-order chi connectivity index (χ0) is 11.1. The molecule has 0 spiro atoms. The first-order valence-electron chi connectivity index (χ1n) is 5.96. The van der Waals surface area contributed by atoms with Gasteiger partial charge in [-0.1, -0.05) is 19.8 Å². The van der Waals surface area contributed by atoms with Gasteiger partial charge in [-0.15, -0.1) is 0 Å². The van der Waals surface area contributed by atoms with Gasteiger partial charge in [-0.25, -0.2) is 4.79 Å². The van der Waals surface area contributed by atoms with E-state index in [1.165, 1.54) is 12.8 Å². The summed E-state index contributed by atoms with van der Waals surface area (Å²) in [5.74, 6) is 0.462. The number of amides is 2. The van der Waals surface area contributed by atoms with Gasteiger partial charge in [0.05, 0.1) is 0 Å². The number of nitrogens with two attached hydrogens (primary N) is 1. The zero-order valence-corrected chi connectivity index (χ0v) is 9.59. The smallest absolute Gasteiger partial charge is 0.315 e. The van der Waals surface area contributed by atoms with Crippen LogP contribution < -0.4 is 16.4 Å². The minimum Gasteiger partial charge on any atom is -0.338 e. The Bertz CT molecular complexity index is 190. The molecular weight excluding hydrogens is 190 g/mol. The average Bonchev–Trinajstić information content (AvgIpc) is 2.68. The SMILES string of the molecule is CC(CCN)CNC(=O)NC1CCCC1. The molecule has 15 heavy (non-hydrogen) atoms. The fourth-order valence-corrected chi connectivity index (χ4v) is 1.96. The Morgan fingerprint density at radius 3 is 2.73 bits per heavy atom. The van der Waals surface area contributed by atoms with Crippen molar-refractivity contribution in [3.8, 4) is 0 Å². The Balaban J connectivity index is 2.07. The molecule has 0 aromatic rings. The van der Waals surface area contributed by atoms with Crippen molar-refractivity contribution < 1.29 is 4.79 Å². The summed E-state index contributed by atoms with van der Waals surface area (Å²) < 4.78 is 0. The molecule has 0 bridgehead atoms. The summed E-state index contributed by atoms with van der Waals surface area (Å²) in [4.78, 5) is 11.5. The lowest BCUT2D eigenvalue weighted by Crippen LogP contribution is -2.42. The number of carbonyl (C=O) groups is 1. The Kier molecular flexibility index (Phi) is 5.47. The van der Waals surface area contributed by atoms with E-state index >= 15 is 0 Å². The third-order valence-corrected chi connectivity index (χ3v) is 2.96. The van der Waals surface area contributed by atoms with Crippen LogP contribution in [-0.4, -0.2) is 25.2 Å². The normalized spacial score (nSPS) is 18.8. The van der Waals surface area contributed by atoms with Gasteiger partial charge in [0.1, 0.15) is 0 Å². The minimum absolute atomic E-state index is 0.0224. The van der Waals surface area contributed by atoms with Gasteiger partial charge in [0.2, 0.25) is 0 Å². The molecule has 0 aromatic heterocycles. The predicted octanol–water partition coefficient (Wildman–Crippen LogP) is 1.21. The minimum atomic E-state index is -0.0224. The van der Waals surface area contributed by atoms with E-state index in [-0.39, 0.29) is 6.03 Å². The van der Waals surface area contributed by atoms with E-state index in [0.717, 1.165) is 25.8 Å². The molecule has 0 aromatic carbocycles. The highest BCUT2D eigenvalue weighted by Gasteiger charge is 2.16. The van der Waals surface area contributed by atoms with Crippen LogP contribution in [0.3, 0.4) is 0 Å². The highest BCUT2D eigenvalue weighted by molar-refractivity contribution is 5.74. The van der Waals surface area contributed by atoms with Crippen molar-refractivity contribution in [2.75, 3.05) is 13.1 Å². The van der Waals surface area contributed by atoms with E-state index < -0.39 is 0 Å². The van der Waals surface area contributed by atoms with Crippen molar-refractivity contribution in [1.29, 1.82) is 0 Å². The van der Waals surface area contributed by atoms with Gasteiger partial charge < -0.3 is 16.4 Å². The lowest BCUT2D eigenvalue weighted by Gasteiger charge is -2.15. The summed E-state index contributed by atoms with van der Waals surface area (Å²) in [6.07, 6.45) is 5.71. The fraction of sp³-hybridized carbons (Fsp3) is 0.909. The number of nitrogens with one attached hydrogen (secondary N) is 2. The maximum atomic E-state index is 11.5. The van der Waals surface area contributed by atoms with Crippen LogP contribution in [0.2, 0.25) is 0 Å². The summed E-state index contributed by atoms with van der Waals surface area (Å²) in [6.45, 7) is 3.51. The first-order valence-corrected chi connectivity index (χ1v) is 5.96. The highest BCUT2D eigenvalue weighted by atomic mass is 16.2. The number of urea groups is 1. The van der Waals surface area contributed by atoms with Crippen molar-refractivity contribution in [1.82, 2.24) is 10.6 Å². The van der Waals surface area contributed by atoms with Crippen LogP contribution in [0.5, 0.6) is 0 Å². The molecule has 0 aliphatic heterocycles. The van der Waals surface area contributed by atoms with Crippen LogP contribution >= 0.6 is 0 Å². The molecular formula is C11H23N3O. The highest BCUT2D eigenvalue weighted by Crippen LogP contribution is 2.17. The van der Waals surface area contributed by atoms with Crippen LogP contribution in [0.4, 0.5) is 4.79 Å².